The van der Waals surface area contributed by atoms with Crippen molar-refractivity contribution in [2.75, 3.05) is 29.5 Å². The SMILES string of the molecule is CN1CC(=O)N(c2cccc(Nc3ncc(Br)c(N)n3)c2)C1=O. The Balaban J connectivity index is 1.87. The van der Waals surface area contributed by atoms with Crippen LogP contribution in [-0.2, 0) is 4.79 Å². The Kier molecular flexibility index (Phi) is 3.87. The molecule has 1 saturated heterocycles. The van der Waals surface area contributed by atoms with Gasteiger partial charge in [0.1, 0.15) is 12.4 Å². The molecule has 1 aliphatic heterocycles. The molecule has 23 heavy (non-hydrogen) atoms. The molecule has 0 radical (unpaired) electrons. The van der Waals surface area contributed by atoms with Gasteiger partial charge < -0.3 is 16.0 Å². The number of amides is 3. The highest BCUT2D eigenvalue weighted by molar-refractivity contribution is 9.10. The van der Waals surface area contributed by atoms with E-state index in [1.165, 1.54) is 11.1 Å². The Labute approximate surface area is 140 Å². The number of imide groups is 1. The van der Waals surface area contributed by atoms with E-state index in [9.17, 15) is 9.59 Å². The first-order chi connectivity index (χ1) is 11.0. The predicted octanol–water partition coefficient (Wildman–Crippen LogP) is 1.96. The van der Waals surface area contributed by atoms with E-state index < -0.39 is 0 Å². The van der Waals surface area contributed by atoms with Crippen molar-refractivity contribution in [1.29, 1.82) is 0 Å². The maximum Gasteiger partial charge on any atom is 0.331 e. The number of likely N-dealkylation sites (N-methyl/N-ethyl adjacent to an activating group) is 1. The van der Waals surface area contributed by atoms with Crippen molar-refractivity contribution in [3.8, 4) is 0 Å². The predicted molar refractivity (Wildman–Crippen MR) is 89.4 cm³/mol. The Morgan fingerprint density at radius 2 is 2.13 bits per heavy atom. The molecular weight excluding hydrogens is 364 g/mol. The number of halogens is 1. The van der Waals surface area contributed by atoms with Crippen LogP contribution in [0.2, 0.25) is 0 Å². The maximum atomic E-state index is 12.0. The minimum atomic E-state index is -0.351. The molecule has 1 aromatic heterocycles. The first-order valence-electron chi connectivity index (χ1n) is 6.69. The standard InChI is InChI=1S/C14H13BrN6O2/c1-20-7-11(22)21(14(20)23)9-4-2-3-8(5-9)18-13-17-6-10(15)12(16)19-13/h2-6H,7H2,1H3,(H3,16,17,18,19). The van der Waals surface area contributed by atoms with Crippen molar-refractivity contribution in [1.82, 2.24) is 14.9 Å². The highest BCUT2D eigenvalue weighted by Crippen LogP contribution is 2.25. The van der Waals surface area contributed by atoms with Crippen molar-refractivity contribution in [2.45, 2.75) is 0 Å². The second-order valence-electron chi connectivity index (χ2n) is 4.97. The summed E-state index contributed by atoms with van der Waals surface area (Å²) < 4.78 is 0.605. The molecule has 1 fully saturated rings. The fraction of sp³-hybridized carbons (Fsp3) is 0.143. The summed E-state index contributed by atoms with van der Waals surface area (Å²) in [6.07, 6.45) is 1.54. The molecular formula is C14H13BrN6O2. The second kappa shape index (κ2) is 5.84. The van der Waals surface area contributed by atoms with Crippen LogP contribution < -0.4 is 16.0 Å². The Hall–Kier alpha value is -2.68. The topological polar surface area (TPSA) is 104 Å². The zero-order valence-electron chi connectivity index (χ0n) is 12.2. The number of hydrogen-bond acceptors (Lipinski definition) is 6. The van der Waals surface area contributed by atoms with Crippen LogP contribution in [0.1, 0.15) is 0 Å². The number of nitrogen functional groups attached to an aromatic ring is 1. The van der Waals surface area contributed by atoms with Crippen molar-refractivity contribution in [3.63, 3.8) is 0 Å². The summed E-state index contributed by atoms with van der Waals surface area (Å²) in [5.41, 5.74) is 6.84. The third kappa shape index (κ3) is 2.95. The number of nitrogens with two attached hydrogens (primary N) is 1. The van der Waals surface area contributed by atoms with E-state index in [1.807, 2.05) is 0 Å². The summed E-state index contributed by atoms with van der Waals surface area (Å²) in [4.78, 5) is 34.7. The molecule has 9 heteroatoms. The molecule has 0 spiro atoms. The fourth-order valence-electron chi connectivity index (χ4n) is 2.17. The molecule has 8 nitrogen and oxygen atoms in total. The minimum absolute atomic E-state index is 0.0723. The Bertz CT molecular complexity index is 797. The van der Waals surface area contributed by atoms with Gasteiger partial charge in [0.15, 0.2) is 0 Å². The molecule has 0 aliphatic carbocycles. The van der Waals surface area contributed by atoms with Gasteiger partial charge in [-0.3, -0.25) is 4.79 Å². The van der Waals surface area contributed by atoms with Crippen LogP contribution in [0.3, 0.4) is 0 Å². The number of aromatic nitrogens is 2. The molecule has 3 rings (SSSR count). The fourth-order valence-corrected chi connectivity index (χ4v) is 2.36. The number of rotatable bonds is 3. The van der Waals surface area contributed by atoms with Crippen LogP contribution in [0.5, 0.6) is 0 Å². The van der Waals surface area contributed by atoms with Crippen LogP contribution in [0.4, 0.5) is 27.9 Å². The number of nitrogens with zero attached hydrogens (tertiary/aromatic N) is 4. The summed E-state index contributed by atoms with van der Waals surface area (Å²) in [5.74, 6) is 0.364. The monoisotopic (exact) mass is 376 g/mol. The largest absolute Gasteiger partial charge is 0.383 e. The van der Waals surface area contributed by atoms with E-state index >= 15 is 0 Å². The lowest BCUT2D eigenvalue weighted by molar-refractivity contribution is -0.116. The average molecular weight is 377 g/mol. The number of carbonyl (C=O) groups is 2. The maximum absolute atomic E-state index is 12.0. The molecule has 3 amide bonds. The van der Waals surface area contributed by atoms with Crippen LogP contribution in [0.15, 0.2) is 34.9 Å². The number of urea groups is 1. The van der Waals surface area contributed by atoms with E-state index in [0.29, 0.717) is 27.6 Å². The second-order valence-corrected chi connectivity index (χ2v) is 5.82. The van der Waals surface area contributed by atoms with Gasteiger partial charge in [-0.15, -0.1) is 0 Å². The molecule has 2 aromatic rings. The quantitative estimate of drug-likeness (QED) is 0.793. The van der Waals surface area contributed by atoms with Gasteiger partial charge in [0.2, 0.25) is 5.95 Å². The van der Waals surface area contributed by atoms with Gasteiger partial charge in [0, 0.05) is 18.9 Å². The Morgan fingerprint density at radius 1 is 1.35 bits per heavy atom. The van der Waals surface area contributed by atoms with Gasteiger partial charge in [-0.1, -0.05) is 6.07 Å². The van der Waals surface area contributed by atoms with Crippen LogP contribution in [-0.4, -0.2) is 40.4 Å². The van der Waals surface area contributed by atoms with Crippen molar-refractivity contribution >= 4 is 51.0 Å². The lowest BCUT2D eigenvalue weighted by Gasteiger charge is -2.15. The van der Waals surface area contributed by atoms with Crippen LogP contribution >= 0.6 is 15.9 Å². The van der Waals surface area contributed by atoms with E-state index in [4.69, 9.17) is 5.73 Å². The zero-order chi connectivity index (χ0) is 16.6. The normalized spacial score (nSPS) is 14.5. The molecule has 1 aliphatic rings. The van der Waals surface area contributed by atoms with E-state index in [2.05, 4.69) is 31.2 Å². The van der Waals surface area contributed by atoms with Gasteiger partial charge in [0.05, 0.1) is 10.2 Å². The summed E-state index contributed by atoms with van der Waals surface area (Å²) in [5, 5.41) is 2.99. The molecule has 1 aromatic carbocycles. The van der Waals surface area contributed by atoms with Gasteiger partial charge in [-0.25, -0.2) is 14.7 Å². The minimum Gasteiger partial charge on any atom is -0.383 e. The summed E-state index contributed by atoms with van der Waals surface area (Å²) in [6, 6.07) is 6.53. The van der Waals surface area contributed by atoms with E-state index in [0.717, 1.165) is 4.90 Å². The molecule has 0 bridgehead atoms. The van der Waals surface area contributed by atoms with Gasteiger partial charge >= 0.3 is 6.03 Å². The zero-order valence-corrected chi connectivity index (χ0v) is 13.7. The Morgan fingerprint density at radius 3 is 2.78 bits per heavy atom. The molecule has 0 unspecified atom stereocenters. The number of nitrogens with one attached hydrogen (secondary N) is 1. The number of anilines is 4. The van der Waals surface area contributed by atoms with E-state index in [1.54, 1.807) is 31.3 Å². The third-order valence-electron chi connectivity index (χ3n) is 3.27. The summed E-state index contributed by atoms with van der Waals surface area (Å²) in [7, 11) is 1.58. The van der Waals surface area contributed by atoms with Gasteiger partial charge in [-0.05, 0) is 34.1 Å². The number of carbonyl (C=O) groups excluding carboxylic acids is 2. The molecule has 0 atom stereocenters. The average Bonchev–Trinajstić information content (AvgIpc) is 2.76. The number of hydrogen-bond donors (Lipinski definition) is 2. The summed E-state index contributed by atoms with van der Waals surface area (Å²) in [6.45, 7) is 0.0723. The molecule has 0 saturated carbocycles. The highest BCUT2D eigenvalue weighted by atomic mass is 79.9. The van der Waals surface area contributed by atoms with Gasteiger partial charge in [-0.2, -0.15) is 4.98 Å². The number of benzene rings is 1. The van der Waals surface area contributed by atoms with Crippen molar-refractivity contribution in [2.24, 2.45) is 0 Å². The lowest BCUT2D eigenvalue weighted by atomic mass is 10.2. The molecule has 118 valence electrons. The smallest absolute Gasteiger partial charge is 0.331 e. The molecule has 2 heterocycles. The van der Waals surface area contributed by atoms with Crippen molar-refractivity contribution in [3.05, 3.63) is 34.9 Å². The highest BCUT2D eigenvalue weighted by Gasteiger charge is 2.34. The van der Waals surface area contributed by atoms with E-state index in [-0.39, 0.29) is 18.5 Å². The van der Waals surface area contributed by atoms with Crippen LogP contribution in [0.25, 0.3) is 0 Å². The van der Waals surface area contributed by atoms with Crippen molar-refractivity contribution < 1.29 is 9.59 Å². The first kappa shape index (κ1) is 15.2. The first-order valence-corrected chi connectivity index (χ1v) is 7.48. The molecule has 3 N–H and O–H groups in total. The van der Waals surface area contributed by atoms with Crippen LogP contribution in [0, 0.1) is 0 Å². The lowest BCUT2D eigenvalue weighted by Crippen LogP contribution is -2.31. The van der Waals surface area contributed by atoms with Gasteiger partial charge in [0.25, 0.3) is 5.91 Å². The third-order valence-corrected chi connectivity index (χ3v) is 3.88. The summed E-state index contributed by atoms with van der Waals surface area (Å²) >= 11 is 3.23.